The van der Waals surface area contributed by atoms with Crippen molar-refractivity contribution in [1.29, 1.82) is 0 Å². The third-order valence-electron chi connectivity index (χ3n) is 5.89. The summed E-state index contributed by atoms with van der Waals surface area (Å²) in [5.41, 5.74) is 4.04. The molecular formula is C20H24N2O2S. The van der Waals surface area contributed by atoms with Crippen LogP contribution in [-0.4, -0.2) is 41.3 Å². The lowest BCUT2D eigenvalue weighted by atomic mass is 9.94. The van der Waals surface area contributed by atoms with Crippen LogP contribution in [0.15, 0.2) is 35.0 Å². The highest BCUT2D eigenvalue weighted by Gasteiger charge is 2.42. The van der Waals surface area contributed by atoms with E-state index >= 15 is 0 Å². The van der Waals surface area contributed by atoms with Gasteiger partial charge in [-0.1, -0.05) is 12.1 Å². The number of benzene rings is 1. The normalized spacial score (nSPS) is 25.9. The van der Waals surface area contributed by atoms with Crippen LogP contribution in [0.2, 0.25) is 0 Å². The SMILES string of the molecule is Cc1ccc(-c2ccsc2)c(N(C(=O)O)[C@H]2C[C@H]3CC[C@@H](C2)N3C)c1. The van der Waals surface area contributed by atoms with E-state index in [4.69, 9.17) is 0 Å². The number of piperidine rings is 1. The van der Waals surface area contributed by atoms with Crippen LogP contribution in [-0.2, 0) is 0 Å². The van der Waals surface area contributed by atoms with Gasteiger partial charge < -0.3 is 10.0 Å². The molecule has 0 saturated carbocycles. The Morgan fingerprint density at radius 3 is 2.56 bits per heavy atom. The van der Waals surface area contributed by atoms with Crippen LogP contribution in [0.1, 0.15) is 31.2 Å². The van der Waals surface area contributed by atoms with Crippen molar-refractivity contribution in [3.05, 3.63) is 40.6 Å². The predicted octanol–water partition coefficient (Wildman–Crippen LogP) is 4.83. The van der Waals surface area contributed by atoms with Gasteiger partial charge in [0.05, 0.1) is 5.69 Å². The number of carbonyl (C=O) groups is 1. The quantitative estimate of drug-likeness (QED) is 0.856. The summed E-state index contributed by atoms with van der Waals surface area (Å²) in [6, 6.07) is 9.31. The number of fused-ring (bicyclic) bond motifs is 2. The van der Waals surface area contributed by atoms with Crippen molar-refractivity contribution in [3.8, 4) is 11.1 Å². The first-order valence-corrected chi connectivity index (χ1v) is 9.86. The van der Waals surface area contributed by atoms with E-state index in [1.807, 2.05) is 18.4 Å². The summed E-state index contributed by atoms with van der Waals surface area (Å²) in [5, 5.41) is 14.2. The molecule has 4 nitrogen and oxygen atoms in total. The minimum absolute atomic E-state index is 0.0605. The molecule has 2 aliphatic rings. The number of aryl methyl sites for hydroxylation is 1. The summed E-state index contributed by atoms with van der Waals surface area (Å²) in [6.07, 6.45) is 3.40. The van der Waals surface area contributed by atoms with Crippen molar-refractivity contribution in [1.82, 2.24) is 4.90 Å². The van der Waals surface area contributed by atoms with Gasteiger partial charge in [-0.2, -0.15) is 11.3 Å². The second kappa shape index (κ2) is 6.46. The molecule has 1 amide bonds. The van der Waals surface area contributed by atoms with E-state index in [1.165, 1.54) is 12.8 Å². The highest BCUT2D eigenvalue weighted by molar-refractivity contribution is 7.08. The zero-order valence-electron chi connectivity index (χ0n) is 14.7. The van der Waals surface area contributed by atoms with Crippen molar-refractivity contribution in [3.63, 3.8) is 0 Å². The number of hydrogen-bond donors (Lipinski definition) is 1. The Bertz CT molecular complexity index is 760. The Morgan fingerprint density at radius 1 is 1.24 bits per heavy atom. The lowest BCUT2D eigenvalue weighted by Crippen LogP contribution is -2.50. The highest BCUT2D eigenvalue weighted by Crippen LogP contribution is 2.40. The number of anilines is 1. The lowest BCUT2D eigenvalue weighted by Gasteiger charge is -2.41. The van der Waals surface area contributed by atoms with Crippen molar-refractivity contribution < 1.29 is 9.90 Å². The molecule has 3 atom stereocenters. The minimum Gasteiger partial charge on any atom is -0.465 e. The summed E-state index contributed by atoms with van der Waals surface area (Å²) in [4.78, 5) is 16.4. The first-order valence-electron chi connectivity index (χ1n) is 8.92. The van der Waals surface area contributed by atoms with Crippen LogP contribution in [0, 0.1) is 6.92 Å². The van der Waals surface area contributed by atoms with E-state index in [0.29, 0.717) is 12.1 Å². The van der Waals surface area contributed by atoms with Crippen LogP contribution in [0.4, 0.5) is 10.5 Å². The number of rotatable bonds is 3. The second-order valence-electron chi connectivity index (χ2n) is 7.36. The fraction of sp³-hybridized carbons (Fsp3) is 0.450. The molecule has 0 spiro atoms. The Balaban J connectivity index is 1.75. The topological polar surface area (TPSA) is 43.8 Å². The third-order valence-corrected chi connectivity index (χ3v) is 6.57. The molecule has 2 bridgehead atoms. The van der Waals surface area contributed by atoms with Gasteiger partial charge >= 0.3 is 6.09 Å². The first-order chi connectivity index (χ1) is 12.0. The van der Waals surface area contributed by atoms with E-state index in [0.717, 1.165) is 35.2 Å². The van der Waals surface area contributed by atoms with Gasteiger partial charge in [0, 0.05) is 23.7 Å². The third kappa shape index (κ3) is 2.96. The van der Waals surface area contributed by atoms with Crippen LogP contribution < -0.4 is 4.90 Å². The van der Waals surface area contributed by atoms with Gasteiger partial charge in [-0.25, -0.2) is 4.79 Å². The van der Waals surface area contributed by atoms with E-state index in [1.54, 1.807) is 16.2 Å². The molecule has 5 heteroatoms. The van der Waals surface area contributed by atoms with E-state index in [9.17, 15) is 9.90 Å². The fourth-order valence-corrected chi connectivity index (χ4v) is 5.21. The zero-order chi connectivity index (χ0) is 17.6. The Morgan fingerprint density at radius 2 is 1.96 bits per heavy atom. The molecule has 1 aromatic heterocycles. The summed E-state index contributed by atoms with van der Waals surface area (Å²) < 4.78 is 0. The van der Waals surface area contributed by atoms with Gasteiger partial charge in [-0.15, -0.1) is 0 Å². The molecule has 2 aliphatic heterocycles. The smallest absolute Gasteiger partial charge is 0.412 e. The maximum Gasteiger partial charge on any atom is 0.412 e. The zero-order valence-corrected chi connectivity index (χ0v) is 15.5. The van der Waals surface area contributed by atoms with Gasteiger partial charge in [-0.3, -0.25) is 4.90 Å². The molecule has 4 rings (SSSR count). The highest BCUT2D eigenvalue weighted by atomic mass is 32.1. The Kier molecular flexibility index (Phi) is 4.29. The van der Waals surface area contributed by atoms with Gasteiger partial charge in [0.1, 0.15) is 0 Å². The molecule has 1 N–H and O–H groups in total. The van der Waals surface area contributed by atoms with Crippen LogP contribution in [0.25, 0.3) is 11.1 Å². The van der Waals surface area contributed by atoms with Gasteiger partial charge in [0.2, 0.25) is 0 Å². The molecule has 132 valence electrons. The minimum atomic E-state index is -0.837. The monoisotopic (exact) mass is 356 g/mol. The summed E-state index contributed by atoms with van der Waals surface area (Å²) in [5.74, 6) is 0. The molecule has 2 saturated heterocycles. The largest absolute Gasteiger partial charge is 0.465 e. The van der Waals surface area contributed by atoms with Crippen LogP contribution >= 0.6 is 11.3 Å². The molecule has 0 unspecified atom stereocenters. The average molecular weight is 356 g/mol. The number of hydrogen-bond acceptors (Lipinski definition) is 3. The van der Waals surface area contributed by atoms with Gasteiger partial charge in [-0.05, 0) is 73.7 Å². The molecule has 1 aromatic carbocycles. The van der Waals surface area contributed by atoms with Crippen molar-refractivity contribution >= 4 is 23.1 Å². The molecule has 25 heavy (non-hydrogen) atoms. The molecular weight excluding hydrogens is 332 g/mol. The summed E-state index contributed by atoms with van der Waals surface area (Å²) >= 11 is 1.64. The number of nitrogens with zero attached hydrogens (tertiary/aromatic N) is 2. The van der Waals surface area contributed by atoms with Crippen LogP contribution in [0.3, 0.4) is 0 Å². The number of carboxylic acid groups (broad SMARTS) is 1. The summed E-state index contributed by atoms with van der Waals surface area (Å²) in [6.45, 7) is 2.03. The number of thiophene rings is 1. The second-order valence-corrected chi connectivity index (χ2v) is 8.14. The molecule has 0 radical (unpaired) electrons. The molecule has 0 aliphatic carbocycles. The predicted molar refractivity (Wildman–Crippen MR) is 103 cm³/mol. The van der Waals surface area contributed by atoms with Crippen molar-refractivity contribution in [2.75, 3.05) is 11.9 Å². The Hall–Kier alpha value is -1.85. The number of amides is 1. The molecule has 2 fully saturated rings. The van der Waals surface area contributed by atoms with Crippen LogP contribution in [0.5, 0.6) is 0 Å². The van der Waals surface area contributed by atoms with Gasteiger partial charge in [0.15, 0.2) is 0 Å². The lowest BCUT2D eigenvalue weighted by molar-refractivity contribution is 0.151. The van der Waals surface area contributed by atoms with Crippen molar-refractivity contribution in [2.45, 2.75) is 50.7 Å². The van der Waals surface area contributed by atoms with E-state index < -0.39 is 6.09 Å². The van der Waals surface area contributed by atoms with E-state index in [-0.39, 0.29) is 6.04 Å². The Labute approximate surface area is 152 Å². The molecule has 2 aromatic rings. The first kappa shape index (κ1) is 16.6. The molecule has 3 heterocycles. The average Bonchev–Trinajstić information content (AvgIpc) is 3.14. The standard InChI is InChI=1S/C20H24N2O2S/c1-13-3-6-18(14-7-8-25-12-14)19(9-13)22(20(23)24)17-10-15-4-5-16(11-17)21(15)2/h3,6-9,12,15-17H,4-5,10-11H2,1-2H3,(H,23,24)/t15-,16+,17+. The van der Waals surface area contributed by atoms with E-state index in [2.05, 4.69) is 35.5 Å². The summed E-state index contributed by atoms with van der Waals surface area (Å²) in [7, 11) is 2.19. The maximum absolute atomic E-state index is 12.3. The fourth-order valence-electron chi connectivity index (χ4n) is 4.55. The maximum atomic E-state index is 12.3. The van der Waals surface area contributed by atoms with Crippen molar-refractivity contribution in [2.24, 2.45) is 0 Å². The van der Waals surface area contributed by atoms with Gasteiger partial charge in [0.25, 0.3) is 0 Å².